The standard InChI is InChI=1S/C26H23F5N6OS/c1-36(2)20-9-7-19(8-10-20)34-24(39)32-15-17-3-5-18(6-4-17)23-33-16-37(35-23)21-11-13-22(14-12-21)38-26(30,31)25(27,28)29/h3-14,16H,15H2,1-2H3,(H2,32,34,39). The highest BCUT2D eigenvalue weighted by Crippen LogP contribution is 2.37. The molecule has 0 aliphatic rings. The van der Waals surface area contributed by atoms with E-state index in [1.165, 1.54) is 23.1 Å². The van der Waals surface area contributed by atoms with Gasteiger partial charge in [-0.2, -0.15) is 22.0 Å². The van der Waals surface area contributed by atoms with Crippen LogP contribution in [0.1, 0.15) is 5.56 Å². The number of benzene rings is 3. The number of nitrogens with one attached hydrogen (secondary N) is 2. The fraction of sp³-hybridized carbons (Fsp3) is 0.192. The summed E-state index contributed by atoms with van der Waals surface area (Å²) < 4.78 is 68.3. The maximum atomic E-state index is 13.1. The molecule has 0 bridgehead atoms. The van der Waals surface area contributed by atoms with Gasteiger partial charge in [0.1, 0.15) is 12.1 Å². The molecule has 3 aromatic carbocycles. The molecular weight excluding hydrogens is 539 g/mol. The van der Waals surface area contributed by atoms with Crippen molar-refractivity contribution in [3.63, 3.8) is 0 Å². The van der Waals surface area contributed by atoms with Crippen molar-refractivity contribution in [3.8, 4) is 22.8 Å². The number of anilines is 2. The molecule has 4 rings (SSSR count). The Morgan fingerprint density at radius 1 is 0.923 bits per heavy atom. The second kappa shape index (κ2) is 11.2. The Balaban J connectivity index is 1.32. The van der Waals surface area contributed by atoms with Crippen LogP contribution in [0.25, 0.3) is 17.1 Å². The molecule has 0 spiro atoms. The number of nitrogens with zero attached hydrogens (tertiary/aromatic N) is 4. The number of alkyl halides is 5. The van der Waals surface area contributed by atoms with Gasteiger partial charge in [-0.15, -0.1) is 5.10 Å². The Kier molecular flexibility index (Phi) is 8.00. The van der Waals surface area contributed by atoms with Crippen molar-refractivity contribution in [1.29, 1.82) is 0 Å². The molecule has 7 nitrogen and oxygen atoms in total. The van der Waals surface area contributed by atoms with Gasteiger partial charge in [0.2, 0.25) is 0 Å². The largest absolute Gasteiger partial charge is 0.499 e. The van der Waals surface area contributed by atoms with E-state index in [2.05, 4.69) is 25.5 Å². The molecule has 204 valence electrons. The lowest BCUT2D eigenvalue weighted by molar-refractivity contribution is -0.360. The Bertz CT molecular complexity index is 1400. The van der Waals surface area contributed by atoms with E-state index in [1.54, 1.807) is 0 Å². The summed E-state index contributed by atoms with van der Waals surface area (Å²) in [7, 11) is 3.94. The van der Waals surface area contributed by atoms with E-state index in [-0.39, 0.29) is 0 Å². The van der Waals surface area contributed by atoms with Crippen molar-refractivity contribution in [2.45, 2.75) is 18.8 Å². The fourth-order valence-electron chi connectivity index (χ4n) is 3.36. The van der Waals surface area contributed by atoms with Crippen LogP contribution in [-0.4, -0.2) is 46.3 Å². The van der Waals surface area contributed by atoms with E-state index in [1.807, 2.05) is 67.5 Å². The topological polar surface area (TPSA) is 67.2 Å². The predicted octanol–water partition coefficient (Wildman–Crippen LogP) is 6.02. The van der Waals surface area contributed by atoms with Crippen molar-refractivity contribution in [2.75, 3.05) is 24.3 Å². The zero-order valence-electron chi connectivity index (χ0n) is 20.7. The zero-order chi connectivity index (χ0) is 28.2. The number of ether oxygens (including phenoxy) is 1. The van der Waals surface area contributed by atoms with Crippen LogP contribution in [0.3, 0.4) is 0 Å². The summed E-state index contributed by atoms with van der Waals surface area (Å²) in [6, 6.07) is 19.9. The van der Waals surface area contributed by atoms with Crippen LogP contribution in [-0.2, 0) is 6.54 Å². The lowest BCUT2D eigenvalue weighted by Gasteiger charge is -2.20. The first-order chi connectivity index (χ1) is 18.4. The summed E-state index contributed by atoms with van der Waals surface area (Å²) in [5.41, 5.74) is 4.05. The monoisotopic (exact) mass is 562 g/mol. The number of hydrogen-bond acceptors (Lipinski definition) is 5. The van der Waals surface area contributed by atoms with Crippen LogP contribution in [0.2, 0.25) is 0 Å². The first-order valence-corrected chi connectivity index (χ1v) is 11.9. The third kappa shape index (κ3) is 6.99. The average molecular weight is 563 g/mol. The molecule has 2 N–H and O–H groups in total. The molecule has 0 amide bonds. The van der Waals surface area contributed by atoms with Gasteiger partial charge in [0.05, 0.1) is 5.69 Å². The minimum absolute atomic E-state index is 0.398. The summed E-state index contributed by atoms with van der Waals surface area (Å²) in [5, 5.41) is 11.1. The summed E-state index contributed by atoms with van der Waals surface area (Å²) >= 11 is 5.37. The summed E-state index contributed by atoms with van der Waals surface area (Å²) in [4.78, 5) is 6.25. The molecule has 1 aromatic heterocycles. The normalized spacial score (nSPS) is 11.7. The maximum Gasteiger partial charge on any atom is 0.499 e. The van der Waals surface area contributed by atoms with E-state index in [0.717, 1.165) is 34.6 Å². The second-order valence-corrected chi connectivity index (χ2v) is 8.98. The van der Waals surface area contributed by atoms with Gasteiger partial charge < -0.3 is 20.3 Å². The van der Waals surface area contributed by atoms with Crippen molar-refractivity contribution in [3.05, 3.63) is 84.7 Å². The van der Waals surface area contributed by atoms with Gasteiger partial charge in [0.25, 0.3) is 0 Å². The first-order valence-electron chi connectivity index (χ1n) is 11.5. The number of rotatable bonds is 8. The Morgan fingerprint density at radius 2 is 1.56 bits per heavy atom. The van der Waals surface area contributed by atoms with Gasteiger partial charge in [0, 0.05) is 37.6 Å². The highest BCUT2D eigenvalue weighted by atomic mass is 32.1. The molecule has 0 aliphatic carbocycles. The second-order valence-electron chi connectivity index (χ2n) is 8.57. The van der Waals surface area contributed by atoms with Crippen LogP contribution < -0.4 is 20.3 Å². The molecule has 0 aliphatic heterocycles. The summed E-state index contributed by atoms with van der Waals surface area (Å²) in [5.74, 6) is -0.237. The smallest absolute Gasteiger partial charge is 0.426 e. The van der Waals surface area contributed by atoms with E-state index >= 15 is 0 Å². The van der Waals surface area contributed by atoms with Gasteiger partial charge in [-0.05, 0) is 66.3 Å². The molecule has 0 radical (unpaired) electrons. The van der Waals surface area contributed by atoms with Crippen LogP contribution >= 0.6 is 12.2 Å². The van der Waals surface area contributed by atoms with E-state index < -0.39 is 18.0 Å². The minimum atomic E-state index is -5.82. The number of thiocarbonyl (C=S) groups is 1. The van der Waals surface area contributed by atoms with Crippen LogP contribution in [0, 0.1) is 0 Å². The maximum absolute atomic E-state index is 13.1. The van der Waals surface area contributed by atoms with Crippen LogP contribution in [0.5, 0.6) is 5.75 Å². The predicted molar refractivity (Wildman–Crippen MR) is 142 cm³/mol. The van der Waals surface area contributed by atoms with E-state index in [0.29, 0.717) is 23.2 Å². The molecule has 1 heterocycles. The molecule has 0 atom stereocenters. The van der Waals surface area contributed by atoms with Gasteiger partial charge >= 0.3 is 12.3 Å². The Hall–Kier alpha value is -4.26. The average Bonchev–Trinajstić information content (AvgIpc) is 3.38. The highest BCUT2D eigenvalue weighted by molar-refractivity contribution is 7.80. The van der Waals surface area contributed by atoms with Crippen molar-refractivity contribution in [1.82, 2.24) is 20.1 Å². The third-order valence-corrected chi connectivity index (χ3v) is 5.72. The van der Waals surface area contributed by atoms with E-state index in [4.69, 9.17) is 12.2 Å². The number of aromatic nitrogens is 3. The molecule has 0 unspecified atom stereocenters. The molecule has 0 saturated carbocycles. The van der Waals surface area contributed by atoms with Gasteiger partial charge in [-0.25, -0.2) is 9.67 Å². The van der Waals surface area contributed by atoms with Gasteiger partial charge in [0.15, 0.2) is 10.9 Å². The molecule has 0 fully saturated rings. The molecule has 0 saturated heterocycles. The summed E-state index contributed by atoms with van der Waals surface area (Å²) in [6.45, 7) is 0.492. The SMILES string of the molecule is CN(C)c1ccc(NC(=S)NCc2ccc(-c3ncn(-c4ccc(OC(F)(F)C(F)(F)F)cc4)n3)cc2)cc1. The quantitative estimate of drug-likeness (QED) is 0.201. The third-order valence-electron chi connectivity index (χ3n) is 5.48. The Labute approximate surface area is 226 Å². The minimum Gasteiger partial charge on any atom is -0.426 e. The van der Waals surface area contributed by atoms with Crippen molar-refractivity contribution >= 4 is 28.7 Å². The number of halogens is 5. The van der Waals surface area contributed by atoms with Gasteiger partial charge in [-0.1, -0.05) is 24.3 Å². The number of hydrogen-bond donors (Lipinski definition) is 2. The van der Waals surface area contributed by atoms with E-state index in [9.17, 15) is 22.0 Å². The zero-order valence-corrected chi connectivity index (χ0v) is 21.5. The molecular formula is C26H23F5N6OS. The Morgan fingerprint density at radius 3 is 2.15 bits per heavy atom. The molecule has 4 aromatic rings. The molecule has 39 heavy (non-hydrogen) atoms. The fourth-order valence-corrected chi connectivity index (χ4v) is 3.55. The van der Waals surface area contributed by atoms with Crippen LogP contribution in [0.4, 0.5) is 33.3 Å². The first kappa shape index (κ1) is 27.8. The van der Waals surface area contributed by atoms with Crippen molar-refractivity contribution < 1.29 is 26.7 Å². The molecule has 13 heteroatoms. The highest BCUT2D eigenvalue weighted by Gasteiger charge is 2.61. The summed E-state index contributed by atoms with van der Waals surface area (Å²) in [6.07, 6.45) is -9.71. The lowest BCUT2D eigenvalue weighted by Crippen LogP contribution is -2.41. The van der Waals surface area contributed by atoms with Crippen molar-refractivity contribution in [2.24, 2.45) is 0 Å². The lowest BCUT2D eigenvalue weighted by atomic mass is 10.1. The van der Waals surface area contributed by atoms with Gasteiger partial charge in [-0.3, -0.25) is 0 Å². The van der Waals surface area contributed by atoms with Crippen LogP contribution in [0.15, 0.2) is 79.1 Å².